The highest BCUT2D eigenvalue weighted by molar-refractivity contribution is 5.96. The van der Waals surface area contributed by atoms with Crippen LogP contribution in [0, 0.1) is 6.92 Å². The van der Waals surface area contributed by atoms with Gasteiger partial charge in [-0.1, -0.05) is 18.2 Å². The van der Waals surface area contributed by atoms with Gasteiger partial charge in [0.15, 0.2) is 0 Å². The summed E-state index contributed by atoms with van der Waals surface area (Å²) in [6.45, 7) is 4.04. The van der Waals surface area contributed by atoms with E-state index in [4.69, 9.17) is 4.42 Å². The van der Waals surface area contributed by atoms with Crippen LogP contribution in [0.4, 0.5) is 5.95 Å². The minimum Gasteiger partial charge on any atom is -0.422 e. The molecule has 0 bridgehead atoms. The zero-order chi connectivity index (χ0) is 19.5. The van der Waals surface area contributed by atoms with Gasteiger partial charge in [-0.15, -0.1) is 0 Å². The predicted octanol–water partition coefficient (Wildman–Crippen LogP) is 2.81. The average Bonchev–Trinajstić information content (AvgIpc) is 2.72. The summed E-state index contributed by atoms with van der Waals surface area (Å²) in [5.74, 6) is 0.226. The van der Waals surface area contributed by atoms with Gasteiger partial charge < -0.3 is 14.6 Å². The van der Waals surface area contributed by atoms with Crippen molar-refractivity contribution >= 4 is 22.8 Å². The van der Waals surface area contributed by atoms with Crippen molar-refractivity contribution in [3.63, 3.8) is 0 Å². The Balaban J connectivity index is 1.51. The molecule has 144 valence electrons. The number of amides is 1. The molecule has 3 heterocycles. The predicted molar refractivity (Wildman–Crippen MR) is 106 cm³/mol. The standard InChI is InChI=1S/C21H22N4O3/c1-14-11-16(24-21(23-14)25-9-5-2-6-10-25)13-22-19(26)17-12-15-7-3-4-8-18(15)28-20(17)27/h3-4,7-8,11-12H,2,5-6,9-10,13H2,1H3,(H,22,26). The molecule has 1 aliphatic rings. The molecule has 1 aromatic carbocycles. The number of piperidine rings is 1. The van der Waals surface area contributed by atoms with Crippen molar-refractivity contribution in [2.45, 2.75) is 32.7 Å². The highest BCUT2D eigenvalue weighted by atomic mass is 16.4. The van der Waals surface area contributed by atoms with Gasteiger partial charge in [0.05, 0.1) is 12.2 Å². The summed E-state index contributed by atoms with van der Waals surface area (Å²) in [6, 6.07) is 10.5. The fourth-order valence-electron chi connectivity index (χ4n) is 3.43. The van der Waals surface area contributed by atoms with E-state index >= 15 is 0 Å². The summed E-state index contributed by atoms with van der Waals surface area (Å²) >= 11 is 0. The van der Waals surface area contributed by atoms with E-state index in [1.165, 1.54) is 6.42 Å². The molecule has 0 aliphatic carbocycles. The van der Waals surface area contributed by atoms with E-state index < -0.39 is 11.5 Å². The van der Waals surface area contributed by atoms with Crippen LogP contribution in [0.3, 0.4) is 0 Å². The topological polar surface area (TPSA) is 88.3 Å². The van der Waals surface area contributed by atoms with Crippen LogP contribution in [-0.4, -0.2) is 29.0 Å². The minimum atomic E-state index is -0.649. The number of nitrogens with one attached hydrogen (secondary N) is 1. The number of hydrogen-bond acceptors (Lipinski definition) is 6. The fraction of sp³-hybridized carbons (Fsp3) is 0.333. The van der Waals surface area contributed by atoms with Crippen LogP contribution >= 0.6 is 0 Å². The Bertz CT molecular complexity index is 1070. The lowest BCUT2D eigenvalue weighted by Gasteiger charge is -2.27. The number of rotatable bonds is 4. The maximum Gasteiger partial charge on any atom is 0.349 e. The molecular weight excluding hydrogens is 356 g/mol. The van der Waals surface area contributed by atoms with Crippen LogP contribution in [0.2, 0.25) is 0 Å². The van der Waals surface area contributed by atoms with Gasteiger partial charge in [-0.3, -0.25) is 4.79 Å². The quantitative estimate of drug-likeness (QED) is 0.703. The van der Waals surface area contributed by atoms with Gasteiger partial charge in [-0.2, -0.15) is 0 Å². The van der Waals surface area contributed by atoms with Gasteiger partial charge in [0.1, 0.15) is 11.1 Å². The number of fused-ring (bicyclic) bond motifs is 1. The number of nitrogens with zero attached hydrogens (tertiary/aromatic N) is 3. The average molecular weight is 378 g/mol. The summed E-state index contributed by atoms with van der Waals surface area (Å²) in [6.07, 6.45) is 3.52. The molecule has 2 aromatic heterocycles. The number of para-hydroxylation sites is 1. The summed E-state index contributed by atoms with van der Waals surface area (Å²) in [5.41, 5.74) is 1.36. The minimum absolute atomic E-state index is 0.0132. The first kappa shape index (κ1) is 18.2. The Morgan fingerprint density at radius 3 is 2.75 bits per heavy atom. The number of carbonyl (C=O) groups is 1. The molecule has 1 fully saturated rings. The maximum absolute atomic E-state index is 12.5. The van der Waals surface area contributed by atoms with Crippen LogP contribution in [0.5, 0.6) is 0 Å². The lowest BCUT2D eigenvalue weighted by atomic mass is 10.1. The van der Waals surface area contributed by atoms with Crippen LogP contribution in [0.25, 0.3) is 11.0 Å². The first-order chi connectivity index (χ1) is 13.6. The second kappa shape index (κ2) is 7.80. The number of aromatic nitrogens is 2. The second-order valence-corrected chi connectivity index (χ2v) is 7.02. The van der Waals surface area contributed by atoms with E-state index in [2.05, 4.69) is 20.2 Å². The fourth-order valence-corrected chi connectivity index (χ4v) is 3.43. The third-order valence-electron chi connectivity index (χ3n) is 4.85. The number of benzene rings is 1. The summed E-state index contributed by atoms with van der Waals surface area (Å²) in [4.78, 5) is 36.0. The molecule has 1 N–H and O–H groups in total. The number of anilines is 1. The molecule has 4 rings (SSSR count). The first-order valence-electron chi connectivity index (χ1n) is 9.51. The lowest BCUT2D eigenvalue weighted by molar-refractivity contribution is 0.0947. The largest absolute Gasteiger partial charge is 0.422 e. The molecule has 0 atom stereocenters. The smallest absolute Gasteiger partial charge is 0.349 e. The molecule has 3 aromatic rings. The molecule has 7 heteroatoms. The summed E-state index contributed by atoms with van der Waals surface area (Å²) in [7, 11) is 0. The SMILES string of the molecule is Cc1cc(CNC(=O)c2cc3ccccc3oc2=O)nc(N2CCCCC2)n1. The molecule has 0 saturated carbocycles. The zero-order valence-electron chi connectivity index (χ0n) is 15.8. The van der Waals surface area contributed by atoms with E-state index in [1.54, 1.807) is 24.3 Å². The Labute approximate surface area is 162 Å². The van der Waals surface area contributed by atoms with Gasteiger partial charge in [-0.05, 0) is 44.4 Å². The molecule has 1 saturated heterocycles. The Kier molecular flexibility index (Phi) is 5.06. The van der Waals surface area contributed by atoms with Crippen molar-refractivity contribution in [2.75, 3.05) is 18.0 Å². The number of hydrogen-bond donors (Lipinski definition) is 1. The lowest BCUT2D eigenvalue weighted by Crippen LogP contribution is -2.32. The molecule has 0 radical (unpaired) electrons. The Hall–Kier alpha value is -3.22. The van der Waals surface area contributed by atoms with Crippen LogP contribution in [0.1, 0.15) is 41.0 Å². The second-order valence-electron chi connectivity index (χ2n) is 7.02. The van der Waals surface area contributed by atoms with Crippen molar-refractivity contribution in [1.29, 1.82) is 0 Å². The van der Waals surface area contributed by atoms with E-state index in [0.29, 0.717) is 22.6 Å². The monoisotopic (exact) mass is 378 g/mol. The van der Waals surface area contributed by atoms with Crippen LogP contribution in [-0.2, 0) is 6.54 Å². The van der Waals surface area contributed by atoms with Gasteiger partial charge in [0, 0.05) is 24.2 Å². The van der Waals surface area contributed by atoms with E-state index in [0.717, 1.165) is 31.6 Å². The van der Waals surface area contributed by atoms with Crippen LogP contribution < -0.4 is 15.8 Å². The van der Waals surface area contributed by atoms with Gasteiger partial charge >= 0.3 is 5.63 Å². The van der Waals surface area contributed by atoms with E-state index in [9.17, 15) is 9.59 Å². The first-order valence-corrected chi connectivity index (χ1v) is 9.51. The molecule has 1 amide bonds. The summed E-state index contributed by atoms with van der Waals surface area (Å²) in [5, 5.41) is 3.48. The molecule has 0 unspecified atom stereocenters. The normalized spacial score (nSPS) is 14.2. The van der Waals surface area contributed by atoms with Crippen molar-refractivity contribution in [3.05, 3.63) is 63.8 Å². The third kappa shape index (κ3) is 3.88. The maximum atomic E-state index is 12.5. The van der Waals surface area contributed by atoms with Crippen molar-refractivity contribution in [3.8, 4) is 0 Å². The van der Waals surface area contributed by atoms with Crippen molar-refractivity contribution in [2.24, 2.45) is 0 Å². The van der Waals surface area contributed by atoms with Gasteiger partial charge in [-0.25, -0.2) is 14.8 Å². The molecule has 7 nitrogen and oxygen atoms in total. The molecule has 1 aliphatic heterocycles. The molecular formula is C21H22N4O3. The number of aryl methyl sites for hydroxylation is 1. The summed E-state index contributed by atoms with van der Waals surface area (Å²) < 4.78 is 5.23. The van der Waals surface area contributed by atoms with Crippen molar-refractivity contribution in [1.82, 2.24) is 15.3 Å². The Morgan fingerprint density at radius 1 is 1.14 bits per heavy atom. The van der Waals surface area contributed by atoms with Gasteiger partial charge in [0.2, 0.25) is 5.95 Å². The Morgan fingerprint density at radius 2 is 1.93 bits per heavy atom. The van der Waals surface area contributed by atoms with Crippen LogP contribution in [0.15, 0.2) is 45.6 Å². The number of carbonyl (C=O) groups excluding carboxylic acids is 1. The molecule has 0 spiro atoms. The third-order valence-corrected chi connectivity index (χ3v) is 4.85. The van der Waals surface area contributed by atoms with E-state index in [1.807, 2.05) is 19.1 Å². The van der Waals surface area contributed by atoms with E-state index in [-0.39, 0.29) is 12.1 Å². The zero-order valence-corrected chi connectivity index (χ0v) is 15.8. The molecule has 28 heavy (non-hydrogen) atoms. The van der Waals surface area contributed by atoms with Gasteiger partial charge in [0.25, 0.3) is 5.91 Å². The van der Waals surface area contributed by atoms with Crippen molar-refractivity contribution < 1.29 is 9.21 Å². The highest BCUT2D eigenvalue weighted by Gasteiger charge is 2.16. The highest BCUT2D eigenvalue weighted by Crippen LogP contribution is 2.17.